The maximum absolute atomic E-state index is 12.7. The van der Waals surface area contributed by atoms with E-state index in [1.54, 1.807) is 12.4 Å². The second-order valence-corrected chi connectivity index (χ2v) is 5.38. The van der Waals surface area contributed by atoms with Gasteiger partial charge in [0.05, 0.1) is 24.0 Å². The lowest BCUT2D eigenvalue weighted by atomic mass is 9.91. The van der Waals surface area contributed by atoms with E-state index in [1.165, 1.54) is 12.1 Å². The molecule has 0 unspecified atom stereocenters. The first-order valence-corrected chi connectivity index (χ1v) is 6.44. The molecule has 5 heteroatoms. The van der Waals surface area contributed by atoms with Crippen LogP contribution in [0.25, 0.3) is 0 Å². The number of hydrogen-bond donors (Lipinski definition) is 1. The summed E-state index contributed by atoms with van der Waals surface area (Å²) in [6.07, 6.45) is 0.705. The summed E-state index contributed by atoms with van der Waals surface area (Å²) in [5, 5.41) is 3.28. The number of nitrogens with zero attached hydrogens (tertiary/aromatic N) is 1. The Hall–Kier alpha value is -1.52. The highest BCUT2D eigenvalue weighted by Crippen LogP contribution is 2.34. The molecule has 1 aromatic carbocycles. The largest absolute Gasteiger partial charge is 0.416 e. The van der Waals surface area contributed by atoms with Crippen LogP contribution >= 0.6 is 0 Å². The van der Waals surface area contributed by atoms with Crippen LogP contribution in [0.5, 0.6) is 0 Å². The average Bonchev–Trinajstić information content (AvgIpc) is 2.74. The molecule has 2 aliphatic rings. The highest BCUT2D eigenvalue weighted by atomic mass is 19.4. The van der Waals surface area contributed by atoms with Gasteiger partial charge in [0.1, 0.15) is 0 Å². The zero-order chi connectivity index (χ0) is 13.5. The maximum atomic E-state index is 12.7. The lowest BCUT2D eigenvalue weighted by Crippen LogP contribution is -2.43. The fourth-order valence-corrected chi connectivity index (χ4v) is 2.90. The van der Waals surface area contributed by atoms with Gasteiger partial charge in [-0.2, -0.15) is 13.2 Å². The summed E-state index contributed by atoms with van der Waals surface area (Å²) in [4.78, 5) is 4.21. The van der Waals surface area contributed by atoms with Crippen molar-refractivity contribution in [2.75, 3.05) is 6.54 Å². The standard InChI is InChI=1S/C14H15F3N2/c15-14(16,17)12-2-1-10-3-5-13(8-18-9-19-13)6-4-11(10)7-12/h1-2,7,9H,3-6,8H2,(H,18,19)/t13-/m0/s1. The number of nitrogens with one attached hydrogen (secondary N) is 1. The normalized spacial score (nSPS) is 26.1. The van der Waals surface area contributed by atoms with E-state index in [0.717, 1.165) is 36.9 Å². The number of aryl methyl sites for hydroxylation is 2. The first kappa shape index (κ1) is 12.5. The number of alkyl halides is 3. The molecule has 0 amide bonds. The minimum absolute atomic E-state index is 0.0442. The van der Waals surface area contributed by atoms with Crippen molar-refractivity contribution < 1.29 is 13.2 Å². The quantitative estimate of drug-likeness (QED) is 0.768. The van der Waals surface area contributed by atoms with E-state index < -0.39 is 11.7 Å². The molecule has 0 bridgehead atoms. The van der Waals surface area contributed by atoms with Gasteiger partial charge in [0.25, 0.3) is 0 Å². The number of benzene rings is 1. The topological polar surface area (TPSA) is 24.4 Å². The summed E-state index contributed by atoms with van der Waals surface area (Å²) in [5.74, 6) is 0. The van der Waals surface area contributed by atoms with Gasteiger partial charge in [-0.15, -0.1) is 0 Å². The van der Waals surface area contributed by atoms with Gasteiger partial charge in [0.15, 0.2) is 0 Å². The van der Waals surface area contributed by atoms with Crippen LogP contribution < -0.4 is 5.32 Å². The molecule has 1 atom stereocenters. The smallest absolute Gasteiger partial charge is 0.369 e. The lowest BCUT2D eigenvalue weighted by molar-refractivity contribution is -0.137. The van der Waals surface area contributed by atoms with Gasteiger partial charge in [-0.25, -0.2) is 0 Å². The van der Waals surface area contributed by atoms with Gasteiger partial charge < -0.3 is 5.32 Å². The molecule has 1 N–H and O–H groups in total. The van der Waals surface area contributed by atoms with E-state index in [0.29, 0.717) is 6.42 Å². The second-order valence-electron chi connectivity index (χ2n) is 5.38. The Morgan fingerprint density at radius 3 is 2.47 bits per heavy atom. The molecule has 0 aromatic heterocycles. The molecule has 19 heavy (non-hydrogen) atoms. The molecule has 3 rings (SSSR count). The highest BCUT2D eigenvalue weighted by Gasteiger charge is 2.35. The van der Waals surface area contributed by atoms with E-state index in [9.17, 15) is 13.2 Å². The van der Waals surface area contributed by atoms with Crippen LogP contribution in [0, 0.1) is 0 Å². The first-order valence-electron chi connectivity index (χ1n) is 6.44. The monoisotopic (exact) mass is 268 g/mol. The van der Waals surface area contributed by atoms with Crippen molar-refractivity contribution in [3.63, 3.8) is 0 Å². The number of fused-ring (bicyclic) bond motifs is 1. The minimum atomic E-state index is -4.26. The van der Waals surface area contributed by atoms with Crippen molar-refractivity contribution in [2.45, 2.75) is 37.4 Å². The zero-order valence-electron chi connectivity index (χ0n) is 10.4. The first-order chi connectivity index (χ1) is 8.99. The van der Waals surface area contributed by atoms with Crippen molar-refractivity contribution in [2.24, 2.45) is 4.99 Å². The van der Waals surface area contributed by atoms with E-state index in [2.05, 4.69) is 10.3 Å². The number of halogens is 3. The molecule has 0 saturated carbocycles. The van der Waals surface area contributed by atoms with E-state index in [4.69, 9.17) is 0 Å². The molecule has 2 nitrogen and oxygen atoms in total. The maximum Gasteiger partial charge on any atom is 0.416 e. The Labute approximate surface area is 109 Å². The Balaban J connectivity index is 1.87. The van der Waals surface area contributed by atoms with Gasteiger partial charge in [-0.05, 0) is 48.9 Å². The molecule has 102 valence electrons. The number of aliphatic imine (C=N–C) groups is 1. The van der Waals surface area contributed by atoms with Crippen LogP contribution in [0.1, 0.15) is 29.5 Å². The van der Waals surface area contributed by atoms with E-state index >= 15 is 0 Å². The third-order valence-electron chi connectivity index (χ3n) is 4.14. The fourth-order valence-electron chi connectivity index (χ4n) is 2.90. The molecule has 1 aliphatic carbocycles. The SMILES string of the molecule is FC(F)(F)c1ccc2c(c1)CC[C@@]1(CC2)CN=CN1. The van der Waals surface area contributed by atoms with Crippen LogP contribution in [-0.4, -0.2) is 18.4 Å². The minimum Gasteiger partial charge on any atom is -0.369 e. The van der Waals surface area contributed by atoms with Crippen LogP contribution in [-0.2, 0) is 19.0 Å². The van der Waals surface area contributed by atoms with Gasteiger partial charge in [-0.1, -0.05) is 6.07 Å². The zero-order valence-corrected chi connectivity index (χ0v) is 10.4. The molecule has 1 aromatic rings. The summed E-state index contributed by atoms with van der Waals surface area (Å²) < 4.78 is 38.2. The fraction of sp³-hybridized carbons (Fsp3) is 0.500. The Morgan fingerprint density at radius 1 is 1.11 bits per heavy atom. The Bertz CT molecular complexity index is 512. The van der Waals surface area contributed by atoms with Crippen molar-refractivity contribution in [1.29, 1.82) is 0 Å². The molecule has 1 aliphatic heterocycles. The number of hydrogen-bond acceptors (Lipinski definition) is 2. The molecule has 0 saturated heterocycles. The molecular weight excluding hydrogens is 253 g/mol. The van der Waals surface area contributed by atoms with Crippen LogP contribution in [0.3, 0.4) is 0 Å². The van der Waals surface area contributed by atoms with Crippen molar-refractivity contribution in [3.05, 3.63) is 34.9 Å². The van der Waals surface area contributed by atoms with E-state index in [1.807, 2.05) is 0 Å². The molecule has 0 fully saturated rings. The number of rotatable bonds is 0. The third-order valence-corrected chi connectivity index (χ3v) is 4.14. The predicted molar refractivity (Wildman–Crippen MR) is 67.3 cm³/mol. The molecule has 1 spiro atoms. The Kier molecular flexibility index (Phi) is 2.80. The second kappa shape index (κ2) is 4.25. The highest BCUT2D eigenvalue weighted by molar-refractivity contribution is 5.59. The van der Waals surface area contributed by atoms with Crippen LogP contribution in [0.4, 0.5) is 13.2 Å². The van der Waals surface area contributed by atoms with Crippen molar-refractivity contribution in [1.82, 2.24) is 5.32 Å². The molecule has 0 radical (unpaired) electrons. The van der Waals surface area contributed by atoms with Crippen LogP contribution in [0.15, 0.2) is 23.2 Å². The van der Waals surface area contributed by atoms with Gasteiger partial charge in [-0.3, -0.25) is 4.99 Å². The van der Waals surface area contributed by atoms with Crippen molar-refractivity contribution in [3.8, 4) is 0 Å². The molecule has 1 heterocycles. The summed E-state index contributed by atoms with van der Waals surface area (Å²) in [6, 6.07) is 4.13. The third kappa shape index (κ3) is 2.33. The van der Waals surface area contributed by atoms with Gasteiger partial charge in [0, 0.05) is 0 Å². The molecular formula is C14H15F3N2. The van der Waals surface area contributed by atoms with Crippen LogP contribution in [0.2, 0.25) is 0 Å². The van der Waals surface area contributed by atoms with Gasteiger partial charge in [0.2, 0.25) is 0 Å². The summed E-state index contributed by atoms with van der Waals surface area (Å²) in [7, 11) is 0. The predicted octanol–water partition coefficient (Wildman–Crippen LogP) is 2.95. The average molecular weight is 268 g/mol. The van der Waals surface area contributed by atoms with E-state index in [-0.39, 0.29) is 5.54 Å². The van der Waals surface area contributed by atoms with Gasteiger partial charge >= 0.3 is 6.18 Å². The summed E-state index contributed by atoms with van der Waals surface area (Å²) in [6.45, 7) is 0.729. The summed E-state index contributed by atoms with van der Waals surface area (Å²) >= 11 is 0. The lowest BCUT2D eigenvalue weighted by Gasteiger charge is -2.26. The Morgan fingerprint density at radius 2 is 1.84 bits per heavy atom. The van der Waals surface area contributed by atoms with Crippen molar-refractivity contribution >= 4 is 6.34 Å². The summed E-state index contributed by atoms with van der Waals surface area (Å²) in [5.41, 5.74) is 1.29.